The average molecular weight is 350 g/mol. The van der Waals surface area contributed by atoms with Crippen LogP contribution in [0, 0.1) is 16.3 Å². The van der Waals surface area contributed by atoms with E-state index in [0.717, 1.165) is 24.0 Å². The molecule has 3 atom stereocenters. The van der Waals surface area contributed by atoms with Gasteiger partial charge in [0, 0.05) is 37.5 Å². The van der Waals surface area contributed by atoms with Gasteiger partial charge in [0.1, 0.15) is 0 Å². The molecule has 1 saturated heterocycles. The van der Waals surface area contributed by atoms with Gasteiger partial charge < -0.3 is 20.3 Å². The van der Waals surface area contributed by atoms with Crippen molar-refractivity contribution >= 4 is 5.71 Å². The lowest BCUT2D eigenvalue weighted by atomic mass is 9.66. The Hall–Kier alpha value is -1.71. The van der Waals surface area contributed by atoms with E-state index in [4.69, 9.17) is 9.37 Å². The van der Waals surface area contributed by atoms with Crippen LogP contribution in [0.5, 0.6) is 0 Å². The van der Waals surface area contributed by atoms with Crippen LogP contribution in [0.3, 0.4) is 0 Å². The van der Waals surface area contributed by atoms with Crippen molar-refractivity contribution in [1.82, 2.24) is 10.1 Å². The van der Waals surface area contributed by atoms with Gasteiger partial charge in [0.15, 0.2) is 0 Å². The Morgan fingerprint density at radius 1 is 1.20 bits per heavy atom. The molecule has 4 aliphatic rings. The third-order valence-electron chi connectivity index (χ3n) is 6.61. The second-order valence-electron chi connectivity index (χ2n) is 7.51. The van der Waals surface area contributed by atoms with Gasteiger partial charge in [-0.25, -0.2) is 4.90 Å². The first-order chi connectivity index (χ1) is 12.1. The van der Waals surface area contributed by atoms with Crippen molar-refractivity contribution in [2.45, 2.75) is 49.8 Å². The molecule has 0 aromatic carbocycles. The van der Waals surface area contributed by atoms with Crippen LogP contribution < -0.4 is 4.90 Å². The number of hydrogen-bond donors (Lipinski definition) is 1. The fraction of sp³-hybridized carbons (Fsp3) is 0.812. The summed E-state index contributed by atoms with van der Waals surface area (Å²) in [5.74, 6) is -0.316. The Bertz CT molecular complexity index is 743. The number of hydroxylamine groups is 1. The summed E-state index contributed by atoms with van der Waals surface area (Å²) in [4.78, 5) is 2.55. The minimum Gasteiger partial charge on any atom is -0.622 e. The van der Waals surface area contributed by atoms with Crippen LogP contribution in [0.1, 0.15) is 43.5 Å². The SMILES string of the molecule is [O-][N+]1=C2CCc3c(no[n+]3[O-])[C@]2(O)[C@H]2CCCC[C@@]21N1CCOCC1. The molecule has 1 N–H and O–H groups in total. The zero-order valence-electron chi connectivity index (χ0n) is 14.0. The fourth-order valence-electron chi connectivity index (χ4n) is 5.57. The molecule has 1 aromatic rings. The van der Waals surface area contributed by atoms with Crippen molar-refractivity contribution in [3.05, 3.63) is 21.8 Å². The van der Waals surface area contributed by atoms with Gasteiger partial charge in [0.25, 0.3) is 5.69 Å². The number of fused-ring (bicyclic) bond motifs is 5. The van der Waals surface area contributed by atoms with Crippen LogP contribution in [0.15, 0.2) is 4.63 Å². The summed E-state index contributed by atoms with van der Waals surface area (Å²) in [7, 11) is 0. The third-order valence-corrected chi connectivity index (χ3v) is 6.61. The summed E-state index contributed by atoms with van der Waals surface area (Å²) in [5, 5.41) is 41.0. The minimum atomic E-state index is -1.51. The van der Waals surface area contributed by atoms with Crippen LogP contribution in [0.25, 0.3) is 0 Å². The number of rotatable bonds is 1. The van der Waals surface area contributed by atoms with Crippen molar-refractivity contribution in [3.8, 4) is 0 Å². The fourth-order valence-corrected chi connectivity index (χ4v) is 5.57. The molecule has 2 aliphatic carbocycles. The van der Waals surface area contributed by atoms with Crippen LogP contribution in [0.4, 0.5) is 0 Å². The average Bonchev–Trinajstić information content (AvgIpc) is 3.12. The second-order valence-corrected chi connectivity index (χ2v) is 7.51. The molecule has 9 nitrogen and oxygen atoms in total. The van der Waals surface area contributed by atoms with E-state index in [1.165, 1.54) is 0 Å². The standard InChI is InChI=1S/C16H22N4O5/c21-16-12-3-1-2-6-15(12,18-7-9-24-10-8-18)19(22)13(16)5-4-11-14(16)17-25-20(11)23/h12,21H,1-10H2/t12-,15-,16-/m0/s1. The predicted octanol–water partition coefficient (Wildman–Crippen LogP) is -0.375. The van der Waals surface area contributed by atoms with Crippen molar-refractivity contribution in [2.24, 2.45) is 5.92 Å². The Labute approximate surface area is 144 Å². The van der Waals surface area contributed by atoms with Gasteiger partial charge in [-0.05, 0) is 17.7 Å². The molecule has 2 fully saturated rings. The van der Waals surface area contributed by atoms with E-state index in [9.17, 15) is 15.5 Å². The van der Waals surface area contributed by atoms with Crippen molar-refractivity contribution in [1.29, 1.82) is 0 Å². The van der Waals surface area contributed by atoms with Crippen LogP contribution in [-0.2, 0) is 16.8 Å². The van der Waals surface area contributed by atoms with Gasteiger partial charge in [-0.15, -0.1) is 0 Å². The maximum absolute atomic E-state index is 13.5. The number of ether oxygens (including phenoxy) is 1. The van der Waals surface area contributed by atoms with E-state index < -0.39 is 11.3 Å². The van der Waals surface area contributed by atoms with Crippen molar-refractivity contribution in [2.75, 3.05) is 26.3 Å². The number of aromatic nitrogens is 2. The highest BCUT2D eigenvalue weighted by molar-refractivity contribution is 5.92. The third kappa shape index (κ3) is 1.76. The molecule has 0 spiro atoms. The van der Waals surface area contributed by atoms with E-state index in [0.29, 0.717) is 61.9 Å². The van der Waals surface area contributed by atoms with E-state index in [1.54, 1.807) is 0 Å². The smallest absolute Gasteiger partial charge is 0.263 e. The molecular weight excluding hydrogens is 328 g/mol. The van der Waals surface area contributed by atoms with Gasteiger partial charge in [0.2, 0.25) is 22.7 Å². The summed E-state index contributed by atoms with van der Waals surface area (Å²) in [6, 6.07) is 0. The van der Waals surface area contributed by atoms with Crippen molar-refractivity contribution < 1.29 is 24.1 Å². The molecule has 9 heteroatoms. The Morgan fingerprint density at radius 2 is 2.00 bits per heavy atom. The summed E-state index contributed by atoms with van der Waals surface area (Å²) in [6.45, 7) is 2.52. The van der Waals surface area contributed by atoms with Crippen LogP contribution in [0.2, 0.25) is 0 Å². The first-order valence-electron chi connectivity index (χ1n) is 9.08. The molecule has 1 saturated carbocycles. The highest BCUT2D eigenvalue weighted by Crippen LogP contribution is 2.55. The van der Waals surface area contributed by atoms with Crippen LogP contribution in [-0.4, -0.2) is 57.6 Å². The first-order valence-corrected chi connectivity index (χ1v) is 9.08. The van der Waals surface area contributed by atoms with E-state index in [1.807, 2.05) is 0 Å². The van der Waals surface area contributed by atoms with Crippen molar-refractivity contribution in [3.63, 3.8) is 0 Å². The molecule has 0 bridgehead atoms. The Balaban J connectivity index is 1.70. The molecule has 0 unspecified atom stereocenters. The van der Waals surface area contributed by atoms with Gasteiger partial charge >= 0.3 is 0 Å². The topological polar surface area (TPSA) is 112 Å². The van der Waals surface area contributed by atoms with E-state index in [2.05, 4.69) is 10.1 Å². The Morgan fingerprint density at radius 3 is 2.80 bits per heavy atom. The molecular formula is C16H22N4O5. The normalized spacial score (nSPS) is 38.4. The number of hydrogen-bond acceptors (Lipinski definition) is 7. The van der Waals surface area contributed by atoms with E-state index in [-0.39, 0.29) is 11.6 Å². The van der Waals surface area contributed by atoms with Gasteiger partial charge in [-0.2, -0.15) is 4.74 Å². The highest BCUT2D eigenvalue weighted by atomic mass is 16.8. The first kappa shape index (κ1) is 15.5. The lowest BCUT2D eigenvalue weighted by molar-refractivity contribution is -0.808. The lowest BCUT2D eigenvalue weighted by Gasteiger charge is -2.47. The zero-order chi connectivity index (χ0) is 17.2. The lowest BCUT2D eigenvalue weighted by Crippen LogP contribution is -2.63. The molecule has 5 rings (SSSR count). The molecule has 136 valence electrons. The summed E-state index contributed by atoms with van der Waals surface area (Å²) >= 11 is 0. The molecule has 3 heterocycles. The van der Waals surface area contributed by atoms with E-state index >= 15 is 0 Å². The summed E-state index contributed by atoms with van der Waals surface area (Å²) in [5.41, 5.74) is -1.25. The molecule has 25 heavy (non-hydrogen) atoms. The zero-order valence-corrected chi connectivity index (χ0v) is 14.0. The second kappa shape index (κ2) is 5.15. The molecule has 0 amide bonds. The molecule has 2 aliphatic heterocycles. The number of morpholine rings is 1. The maximum Gasteiger partial charge on any atom is 0.263 e. The quantitative estimate of drug-likeness (QED) is 0.543. The largest absolute Gasteiger partial charge is 0.622 e. The monoisotopic (exact) mass is 350 g/mol. The summed E-state index contributed by atoms with van der Waals surface area (Å²) < 4.78 is 11.3. The predicted molar refractivity (Wildman–Crippen MR) is 83.4 cm³/mol. The highest BCUT2D eigenvalue weighted by Gasteiger charge is 2.73. The molecule has 0 radical (unpaired) electrons. The van der Waals surface area contributed by atoms with Gasteiger partial charge in [0.05, 0.1) is 19.1 Å². The van der Waals surface area contributed by atoms with Gasteiger partial charge in [-0.1, -0.05) is 6.42 Å². The Kier molecular flexibility index (Phi) is 3.20. The maximum atomic E-state index is 13.5. The summed E-state index contributed by atoms with van der Waals surface area (Å²) in [6.07, 6.45) is 4.05. The number of nitrogens with zero attached hydrogens (tertiary/aromatic N) is 4. The minimum absolute atomic E-state index is 0.242. The van der Waals surface area contributed by atoms with Gasteiger partial charge in [-0.3, -0.25) is 4.63 Å². The van der Waals surface area contributed by atoms with Crippen LogP contribution >= 0.6 is 0 Å². The number of aliphatic hydroxyl groups is 1. The molecule has 1 aromatic heterocycles.